The van der Waals surface area contributed by atoms with Crippen LogP contribution in [-0.4, -0.2) is 30.5 Å². The number of nitrogens with one attached hydrogen (secondary N) is 1. The van der Waals surface area contributed by atoms with Gasteiger partial charge in [0.05, 0.1) is 0 Å². The number of rotatable bonds is 4. The molecule has 0 bridgehead atoms. The van der Waals surface area contributed by atoms with Crippen LogP contribution >= 0.6 is 31.9 Å². The Labute approximate surface area is 302 Å². The molecule has 1 aliphatic heterocycles. The zero-order valence-electron chi connectivity index (χ0n) is 19.3. The number of Topliss-reactive ketones (excluding diaryl/α,β-unsaturated/α-hetero) is 1. The molecular formula is C23H35Br2K2NO5. The van der Waals surface area contributed by atoms with E-state index in [1.165, 1.54) is 56.1 Å². The second kappa shape index (κ2) is 31.6. The molecule has 0 unspecified atom stereocenters. The van der Waals surface area contributed by atoms with E-state index in [2.05, 4.69) is 66.3 Å². The molecule has 178 valence electrons. The van der Waals surface area contributed by atoms with Crippen LogP contribution in [0.2, 0.25) is 0 Å². The number of carbonyl (C=O) groups excluding carboxylic acids is 2. The van der Waals surface area contributed by atoms with Crippen molar-refractivity contribution in [2.75, 3.05) is 13.1 Å². The van der Waals surface area contributed by atoms with Crippen LogP contribution in [0.4, 0.5) is 0 Å². The Morgan fingerprint density at radius 2 is 1.36 bits per heavy atom. The first-order chi connectivity index (χ1) is 14.0. The van der Waals surface area contributed by atoms with Gasteiger partial charge in [0.15, 0.2) is 5.78 Å². The molecule has 0 amide bonds. The maximum Gasteiger partial charge on any atom is 1.00 e. The van der Waals surface area contributed by atoms with Crippen LogP contribution in [0.3, 0.4) is 0 Å². The van der Waals surface area contributed by atoms with Gasteiger partial charge in [-0.25, -0.2) is 0 Å². The van der Waals surface area contributed by atoms with Crippen LogP contribution in [0.1, 0.15) is 57.5 Å². The van der Waals surface area contributed by atoms with Gasteiger partial charge in [-0.1, -0.05) is 71.0 Å². The van der Waals surface area contributed by atoms with Crippen molar-refractivity contribution in [1.29, 1.82) is 0 Å². The molecule has 0 atom stereocenters. The minimum atomic E-state index is -0.181. The van der Waals surface area contributed by atoms with Gasteiger partial charge in [-0.05, 0) is 68.2 Å². The molecule has 6 nitrogen and oxygen atoms in total. The monoisotopic (exact) mass is 641 g/mol. The minimum absolute atomic E-state index is 0. The average molecular weight is 644 g/mol. The van der Waals surface area contributed by atoms with Gasteiger partial charge in [-0.3, -0.25) is 9.59 Å². The van der Waals surface area contributed by atoms with Gasteiger partial charge in [0.1, 0.15) is 5.75 Å². The molecule has 2 N–H and O–H groups in total. The van der Waals surface area contributed by atoms with E-state index in [9.17, 15) is 4.79 Å². The van der Waals surface area contributed by atoms with Gasteiger partial charge in [0.2, 0.25) is 0 Å². The van der Waals surface area contributed by atoms with E-state index in [-0.39, 0.29) is 137 Å². The minimum Gasteiger partial charge on any atom is -1.00 e. The van der Waals surface area contributed by atoms with Crippen molar-refractivity contribution in [2.45, 2.75) is 45.3 Å². The molecule has 0 spiro atoms. The number of hydrogen-bond donors (Lipinski definition) is 2. The number of benzene rings is 2. The molecule has 2 aromatic carbocycles. The number of phenolic OH excluding ortho intramolecular Hbond substituents is 1. The predicted molar refractivity (Wildman–Crippen MR) is 134 cm³/mol. The third kappa shape index (κ3) is 26.4. The van der Waals surface area contributed by atoms with E-state index in [0.29, 0.717) is 5.56 Å². The zero-order chi connectivity index (χ0) is 21.9. The molecule has 1 aliphatic rings. The Morgan fingerprint density at radius 3 is 1.58 bits per heavy atom. The van der Waals surface area contributed by atoms with Crippen molar-refractivity contribution in [3.05, 3.63) is 65.2 Å². The van der Waals surface area contributed by atoms with Crippen molar-refractivity contribution >= 4 is 44.1 Å². The summed E-state index contributed by atoms with van der Waals surface area (Å²) in [6.45, 7) is 3.81. The largest absolute Gasteiger partial charge is 1.00 e. The predicted octanol–water partition coefficient (Wildman–Crippen LogP) is -0.732. The number of hydrogen-bond acceptors (Lipinski definition) is 6. The van der Waals surface area contributed by atoms with E-state index < -0.39 is 0 Å². The first kappa shape index (κ1) is 44.5. The number of alkyl halides is 2. The van der Waals surface area contributed by atoms with Crippen molar-refractivity contribution < 1.29 is 129 Å². The number of aromatic hydroxyl groups is 1. The normalized spacial score (nSPS) is 10.1. The van der Waals surface area contributed by atoms with Crippen molar-refractivity contribution in [3.8, 4) is 5.75 Å². The number of carbonyl (C=O) groups is 2. The molecule has 33 heavy (non-hydrogen) atoms. The molecular weight excluding hydrogens is 608 g/mol. The van der Waals surface area contributed by atoms with Crippen LogP contribution in [-0.2, 0) is 20.3 Å². The molecule has 1 heterocycles. The SMILES string of the molecule is BrCc1ccc(CBr)cc1.C.C.C1CCNC1.CC(=O)c1ccc(O)cc1.O=CO[O-].[H-].[K+].[K+]. The molecule has 0 radical (unpaired) electrons. The summed E-state index contributed by atoms with van der Waals surface area (Å²) in [6, 6.07) is 14.7. The third-order valence-corrected chi connectivity index (χ3v) is 4.90. The third-order valence-electron chi connectivity index (χ3n) is 3.60. The van der Waals surface area contributed by atoms with Crippen molar-refractivity contribution in [2.24, 2.45) is 0 Å². The standard InChI is InChI=1S/C8H8Br2.C8H8O2.C4H9N.CH2O3.2CH4.2K.H/c9-5-7-1-2-8(6-10)4-3-7;1-6(9)7-2-4-8(10)5-3-7;1-2-4-5-3-1;2-1-4-3;;;;;/h1-4H,5-6H2;2-5,10H,1H3;5H,1-4H2;1,3H;2*1H4;;;/q;;;;;;2*+1;-1/p-1. The Kier molecular flexibility index (Phi) is 42.6. The van der Waals surface area contributed by atoms with E-state index in [0.717, 1.165) is 10.7 Å². The van der Waals surface area contributed by atoms with Crippen LogP contribution < -0.4 is 113 Å². The summed E-state index contributed by atoms with van der Waals surface area (Å²) in [6.07, 6.45) is 2.78. The van der Waals surface area contributed by atoms with Crippen molar-refractivity contribution in [3.63, 3.8) is 0 Å². The summed E-state index contributed by atoms with van der Waals surface area (Å²) in [4.78, 5) is 21.9. The van der Waals surface area contributed by atoms with E-state index >= 15 is 0 Å². The van der Waals surface area contributed by atoms with Crippen molar-refractivity contribution in [1.82, 2.24) is 5.32 Å². The topological polar surface area (TPSA) is 98.7 Å². The fourth-order valence-corrected chi connectivity index (χ4v) is 2.79. The van der Waals surface area contributed by atoms with Gasteiger partial charge in [-0.15, -0.1) is 0 Å². The Balaban J connectivity index is -0.0000000774. The molecule has 0 aliphatic carbocycles. The summed E-state index contributed by atoms with van der Waals surface area (Å²) in [5.41, 5.74) is 3.27. The average Bonchev–Trinajstić information content (AvgIpc) is 3.35. The number of phenols is 1. The van der Waals surface area contributed by atoms with E-state index in [1.54, 1.807) is 12.1 Å². The molecule has 1 saturated heterocycles. The van der Waals surface area contributed by atoms with Crippen LogP contribution in [0.15, 0.2) is 48.5 Å². The Hall–Kier alpha value is 1.53. The maximum atomic E-state index is 10.7. The first-order valence-electron chi connectivity index (χ1n) is 8.91. The second-order valence-corrected chi connectivity index (χ2v) is 6.96. The summed E-state index contributed by atoms with van der Waals surface area (Å²) in [5.74, 6) is 0.199. The number of ketones is 1. The van der Waals surface area contributed by atoms with Gasteiger partial charge in [0.25, 0.3) is 6.47 Å². The Bertz CT molecular complexity index is 662. The summed E-state index contributed by atoms with van der Waals surface area (Å²) in [7, 11) is 0. The smallest absolute Gasteiger partial charge is 1.00 e. The van der Waals surface area contributed by atoms with Gasteiger partial charge in [-0.2, -0.15) is 0 Å². The fraction of sp³-hybridized carbons (Fsp3) is 0.391. The molecule has 0 saturated carbocycles. The molecule has 1 fully saturated rings. The van der Waals surface area contributed by atoms with E-state index in [4.69, 9.17) is 15.2 Å². The summed E-state index contributed by atoms with van der Waals surface area (Å²) < 4.78 is 0. The molecule has 10 heteroatoms. The molecule has 3 rings (SSSR count). The zero-order valence-corrected chi connectivity index (χ0v) is 27.7. The Morgan fingerprint density at radius 1 is 1.00 bits per heavy atom. The summed E-state index contributed by atoms with van der Waals surface area (Å²) in [5, 5.41) is 22.4. The second-order valence-electron chi connectivity index (χ2n) is 5.84. The quantitative estimate of drug-likeness (QED) is 0.114. The van der Waals surface area contributed by atoms with Gasteiger partial charge >= 0.3 is 103 Å². The van der Waals surface area contributed by atoms with Crippen LogP contribution in [0, 0.1) is 0 Å². The maximum absolute atomic E-state index is 10.7. The fourth-order valence-electron chi connectivity index (χ4n) is 2.04. The number of halogens is 2. The van der Waals surface area contributed by atoms with Gasteiger partial charge in [0, 0.05) is 16.2 Å². The van der Waals surface area contributed by atoms with E-state index in [1.807, 2.05) is 0 Å². The van der Waals surface area contributed by atoms with Crippen LogP contribution in [0.25, 0.3) is 0 Å². The molecule has 2 aromatic rings. The van der Waals surface area contributed by atoms with Crippen LogP contribution in [0.5, 0.6) is 5.75 Å². The molecule has 0 aromatic heterocycles. The summed E-state index contributed by atoms with van der Waals surface area (Å²) >= 11 is 6.78. The first-order valence-corrected chi connectivity index (χ1v) is 11.2. The van der Waals surface area contributed by atoms with Gasteiger partial charge < -0.3 is 22.0 Å².